The van der Waals surface area contributed by atoms with Crippen LogP contribution in [0.15, 0.2) is 12.4 Å². The molecule has 1 saturated carbocycles. The number of nitrogens with zero attached hydrogens (tertiary/aromatic N) is 2. The molecule has 1 aromatic rings. The summed E-state index contributed by atoms with van der Waals surface area (Å²) in [5.41, 5.74) is 0. The van der Waals surface area contributed by atoms with E-state index < -0.39 is 0 Å². The van der Waals surface area contributed by atoms with Gasteiger partial charge in [-0.2, -0.15) is 4.98 Å². The van der Waals surface area contributed by atoms with Crippen molar-refractivity contribution in [1.29, 1.82) is 0 Å². The standard InChI is InChI=1S/C9H11ClN2O/c10-8-5-11-6-9(12-8)13-4-3-7-1-2-7/h5-7H,1-4H2. The molecule has 1 aliphatic carbocycles. The highest BCUT2D eigenvalue weighted by molar-refractivity contribution is 6.29. The van der Waals surface area contributed by atoms with Crippen LogP contribution in [0.2, 0.25) is 5.15 Å². The van der Waals surface area contributed by atoms with Gasteiger partial charge in [0.25, 0.3) is 0 Å². The Bertz CT molecular complexity index is 289. The maximum Gasteiger partial charge on any atom is 0.233 e. The van der Waals surface area contributed by atoms with Gasteiger partial charge in [0.2, 0.25) is 5.88 Å². The van der Waals surface area contributed by atoms with E-state index in [9.17, 15) is 0 Å². The molecule has 1 heterocycles. The van der Waals surface area contributed by atoms with Crippen molar-refractivity contribution in [2.24, 2.45) is 5.92 Å². The predicted octanol–water partition coefficient (Wildman–Crippen LogP) is 2.31. The molecule has 0 aromatic carbocycles. The van der Waals surface area contributed by atoms with Crippen molar-refractivity contribution in [2.75, 3.05) is 6.61 Å². The van der Waals surface area contributed by atoms with Crippen LogP contribution in [-0.2, 0) is 0 Å². The average molecular weight is 199 g/mol. The van der Waals surface area contributed by atoms with Crippen LogP contribution >= 0.6 is 11.6 Å². The molecular formula is C9H11ClN2O. The highest BCUT2D eigenvalue weighted by Gasteiger charge is 2.20. The van der Waals surface area contributed by atoms with Crippen molar-refractivity contribution in [3.8, 4) is 5.88 Å². The lowest BCUT2D eigenvalue weighted by molar-refractivity contribution is 0.290. The van der Waals surface area contributed by atoms with Gasteiger partial charge in [0.1, 0.15) is 0 Å². The van der Waals surface area contributed by atoms with E-state index in [2.05, 4.69) is 9.97 Å². The molecule has 0 saturated heterocycles. The third-order valence-corrected chi connectivity index (χ3v) is 2.24. The Morgan fingerprint density at radius 3 is 3.00 bits per heavy atom. The van der Waals surface area contributed by atoms with Gasteiger partial charge in [0.05, 0.1) is 19.0 Å². The maximum atomic E-state index is 5.65. The highest BCUT2D eigenvalue weighted by atomic mass is 35.5. The summed E-state index contributed by atoms with van der Waals surface area (Å²) in [5.74, 6) is 1.40. The van der Waals surface area contributed by atoms with Crippen molar-refractivity contribution < 1.29 is 4.74 Å². The normalized spacial score (nSPS) is 15.8. The quantitative estimate of drug-likeness (QED) is 0.745. The molecule has 0 aliphatic heterocycles. The van der Waals surface area contributed by atoms with Crippen LogP contribution in [0, 0.1) is 5.92 Å². The highest BCUT2D eigenvalue weighted by Crippen LogP contribution is 2.32. The fourth-order valence-electron chi connectivity index (χ4n) is 1.13. The topological polar surface area (TPSA) is 35.0 Å². The number of hydrogen-bond donors (Lipinski definition) is 0. The smallest absolute Gasteiger partial charge is 0.233 e. The van der Waals surface area contributed by atoms with Crippen molar-refractivity contribution in [3.05, 3.63) is 17.5 Å². The van der Waals surface area contributed by atoms with E-state index in [0.29, 0.717) is 11.0 Å². The number of ether oxygens (including phenoxy) is 1. The van der Waals surface area contributed by atoms with Gasteiger partial charge in [-0.3, -0.25) is 4.98 Å². The molecule has 13 heavy (non-hydrogen) atoms. The lowest BCUT2D eigenvalue weighted by Gasteiger charge is -2.03. The molecule has 1 fully saturated rings. The molecule has 0 unspecified atom stereocenters. The van der Waals surface area contributed by atoms with Crippen molar-refractivity contribution in [1.82, 2.24) is 9.97 Å². The van der Waals surface area contributed by atoms with Crippen molar-refractivity contribution in [2.45, 2.75) is 19.3 Å². The second-order valence-electron chi connectivity index (χ2n) is 3.26. The molecule has 0 amide bonds. The fourth-order valence-corrected chi connectivity index (χ4v) is 1.27. The second kappa shape index (κ2) is 3.92. The van der Waals surface area contributed by atoms with E-state index in [1.807, 2.05) is 0 Å². The van der Waals surface area contributed by atoms with Crippen LogP contribution in [0.3, 0.4) is 0 Å². The molecule has 70 valence electrons. The first-order chi connectivity index (χ1) is 6.34. The Labute approximate surface area is 82.1 Å². The molecule has 1 aliphatic rings. The number of aromatic nitrogens is 2. The summed E-state index contributed by atoms with van der Waals surface area (Å²) in [6.45, 7) is 0.722. The minimum Gasteiger partial charge on any atom is -0.477 e. The molecule has 3 nitrogen and oxygen atoms in total. The van der Waals surface area contributed by atoms with Gasteiger partial charge >= 0.3 is 0 Å². The van der Waals surface area contributed by atoms with Crippen LogP contribution in [0.1, 0.15) is 19.3 Å². The first-order valence-electron chi connectivity index (χ1n) is 4.45. The second-order valence-corrected chi connectivity index (χ2v) is 3.65. The lowest BCUT2D eigenvalue weighted by atomic mass is 10.3. The van der Waals surface area contributed by atoms with Crippen LogP contribution in [0.5, 0.6) is 5.88 Å². The summed E-state index contributed by atoms with van der Waals surface area (Å²) in [6.07, 6.45) is 6.90. The Balaban J connectivity index is 1.79. The molecule has 0 spiro atoms. The number of halogens is 1. The summed E-state index contributed by atoms with van der Waals surface area (Å²) in [4.78, 5) is 7.85. The Morgan fingerprint density at radius 2 is 2.31 bits per heavy atom. The molecule has 4 heteroatoms. The zero-order chi connectivity index (χ0) is 9.10. The third-order valence-electron chi connectivity index (χ3n) is 2.06. The first kappa shape index (κ1) is 8.75. The van der Waals surface area contributed by atoms with Gasteiger partial charge in [-0.15, -0.1) is 0 Å². The average Bonchev–Trinajstić information content (AvgIpc) is 2.88. The Hall–Kier alpha value is -0.830. The summed E-state index contributed by atoms with van der Waals surface area (Å²) < 4.78 is 5.38. The summed E-state index contributed by atoms with van der Waals surface area (Å²) in [5, 5.41) is 0.379. The SMILES string of the molecule is Clc1cncc(OCCC2CC2)n1. The zero-order valence-corrected chi connectivity index (χ0v) is 8.00. The summed E-state index contributed by atoms with van der Waals surface area (Å²) in [6, 6.07) is 0. The fraction of sp³-hybridized carbons (Fsp3) is 0.556. The lowest BCUT2D eigenvalue weighted by Crippen LogP contribution is -2.00. The molecule has 0 bridgehead atoms. The van der Waals surface area contributed by atoms with Gasteiger partial charge in [-0.1, -0.05) is 24.4 Å². The van der Waals surface area contributed by atoms with Crippen LogP contribution < -0.4 is 4.74 Å². The van der Waals surface area contributed by atoms with Crippen LogP contribution in [0.25, 0.3) is 0 Å². The Morgan fingerprint density at radius 1 is 1.46 bits per heavy atom. The van der Waals surface area contributed by atoms with E-state index >= 15 is 0 Å². The first-order valence-corrected chi connectivity index (χ1v) is 4.83. The van der Waals surface area contributed by atoms with Crippen molar-refractivity contribution >= 4 is 11.6 Å². The Kier molecular flexibility index (Phi) is 2.64. The van der Waals surface area contributed by atoms with Gasteiger partial charge in [-0.25, -0.2) is 0 Å². The molecule has 0 N–H and O–H groups in total. The molecule has 0 atom stereocenters. The van der Waals surface area contributed by atoms with Crippen molar-refractivity contribution in [3.63, 3.8) is 0 Å². The number of rotatable bonds is 4. The van der Waals surface area contributed by atoms with E-state index in [0.717, 1.165) is 18.9 Å². The minimum atomic E-state index is 0.379. The van der Waals surface area contributed by atoms with E-state index in [-0.39, 0.29) is 0 Å². The largest absolute Gasteiger partial charge is 0.477 e. The molecule has 2 rings (SSSR count). The van der Waals surface area contributed by atoms with E-state index in [1.165, 1.54) is 19.0 Å². The monoisotopic (exact) mass is 198 g/mol. The van der Waals surface area contributed by atoms with Gasteiger partial charge in [0, 0.05) is 0 Å². The minimum absolute atomic E-state index is 0.379. The maximum absolute atomic E-state index is 5.65. The van der Waals surface area contributed by atoms with E-state index in [1.54, 1.807) is 6.20 Å². The molecule has 0 radical (unpaired) electrons. The summed E-state index contributed by atoms with van der Waals surface area (Å²) >= 11 is 5.65. The molecular weight excluding hydrogens is 188 g/mol. The predicted molar refractivity (Wildman–Crippen MR) is 49.9 cm³/mol. The van der Waals surface area contributed by atoms with Gasteiger partial charge in [-0.05, 0) is 12.3 Å². The van der Waals surface area contributed by atoms with Gasteiger partial charge in [0.15, 0.2) is 5.15 Å². The van der Waals surface area contributed by atoms with E-state index in [4.69, 9.17) is 16.3 Å². The number of hydrogen-bond acceptors (Lipinski definition) is 3. The van der Waals surface area contributed by atoms with Crippen LogP contribution in [-0.4, -0.2) is 16.6 Å². The van der Waals surface area contributed by atoms with Crippen LogP contribution in [0.4, 0.5) is 0 Å². The third kappa shape index (κ3) is 2.84. The van der Waals surface area contributed by atoms with Gasteiger partial charge < -0.3 is 4.74 Å². The molecule has 1 aromatic heterocycles. The summed E-state index contributed by atoms with van der Waals surface area (Å²) in [7, 11) is 0. The zero-order valence-electron chi connectivity index (χ0n) is 7.24.